The number of benzene rings is 1. The van der Waals surface area contributed by atoms with Gasteiger partial charge in [-0.25, -0.2) is 0 Å². The lowest BCUT2D eigenvalue weighted by Crippen LogP contribution is -2.36. The molecule has 3 rings (SSSR count). The van der Waals surface area contributed by atoms with Crippen molar-refractivity contribution in [2.75, 3.05) is 6.61 Å². The monoisotopic (exact) mass is 257 g/mol. The second-order valence-electron chi connectivity index (χ2n) is 5.13. The van der Waals surface area contributed by atoms with Gasteiger partial charge in [0, 0.05) is 24.1 Å². The fraction of sp³-hybridized carbons (Fsp3) is 0.400. The Morgan fingerprint density at radius 3 is 3.00 bits per heavy atom. The van der Waals surface area contributed by atoms with E-state index in [1.165, 1.54) is 0 Å². The molecule has 100 valence electrons. The highest BCUT2D eigenvalue weighted by molar-refractivity contribution is 5.78. The molecule has 1 aromatic carbocycles. The summed E-state index contributed by atoms with van der Waals surface area (Å²) in [7, 11) is 0. The number of aromatic nitrogens is 1. The summed E-state index contributed by atoms with van der Waals surface area (Å²) in [5.41, 5.74) is 5.08. The van der Waals surface area contributed by atoms with Crippen LogP contribution >= 0.6 is 0 Å². The number of nitrogens with one attached hydrogen (secondary N) is 1. The third kappa shape index (κ3) is 2.34. The number of ether oxygens (including phenoxy) is 1. The predicted octanol–water partition coefficient (Wildman–Crippen LogP) is 2.16. The Kier molecular flexibility index (Phi) is 3.46. The van der Waals surface area contributed by atoms with Crippen LogP contribution in [0.5, 0.6) is 0 Å². The van der Waals surface area contributed by atoms with Crippen molar-refractivity contribution in [1.82, 2.24) is 10.4 Å². The molecule has 3 N–H and O–H groups in total. The molecule has 1 saturated heterocycles. The standard InChI is InChI=1S/C15H19N3O/c1-10-13(6-7-19-10)15(18-16)12-8-11-4-2-3-5-14(11)17-9-12/h2-5,8-10,13,15,18H,6-7,16H2,1H3. The highest BCUT2D eigenvalue weighted by Gasteiger charge is 2.32. The first kappa shape index (κ1) is 12.5. The van der Waals surface area contributed by atoms with E-state index in [1.54, 1.807) is 0 Å². The maximum Gasteiger partial charge on any atom is 0.0702 e. The summed E-state index contributed by atoms with van der Waals surface area (Å²) in [6.45, 7) is 2.92. The number of rotatable bonds is 3. The van der Waals surface area contributed by atoms with Gasteiger partial charge in [-0.3, -0.25) is 16.3 Å². The molecule has 4 nitrogen and oxygen atoms in total. The quantitative estimate of drug-likeness (QED) is 0.653. The van der Waals surface area contributed by atoms with Gasteiger partial charge in [0.15, 0.2) is 0 Å². The second-order valence-corrected chi connectivity index (χ2v) is 5.13. The SMILES string of the molecule is CC1OCCC1C(NN)c1cnc2ccccc2c1. The van der Waals surface area contributed by atoms with Gasteiger partial charge in [0.25, 0.3) is 0 Å². The lowest BCUT2D eigenvalue weighted by Gasteiger charge is -2.25. The number of hydrogen-bond donors (Lipinski definition) is 2. The molecule has 1 aromatic heterocycles. The first-order valence-corrected chi connectivity index (χ1v) is 6.72. The van der Waals surface area contributed by atoms with Crippen LogP contribution in [0, 0.1) is 5.92 Å². The smallest absolute Gasteiger partial charge is 0.0702 e. The minimum atomic E-state index is 0.0922. The number of hydrazine groups is 1. The van der Waals surface area contributed by atoms with Gasteiger partial charge in [-0.05, 0) is 31.0 Å². The maximum absolute atomic E-state index is 5.76. The van der Waals surface area contributed by atoms with Crippen molar-refractivity contribution in [2.45, 2.75) is 25.5 Å². The lowest BCUT2D eigenvalue weighted by molar-refractivity contribution is 0.0953. The molecule has 3 unspecified atom stereocenters. The van der Waals surface area contributed by atoms with Crippen molar-refractivity contribution in [1.29, 1.82) is 0 Å². The number of fused-ring (bicyclic) bond motifs is 1. The molecule has 2 aromatic rings. The second kappa shape index (κ2) is 5.25. The highest BCUT2D eigenvalue weighted by atomic mass is 16.5. The minimum absolute atomic E-state index is 0.0922. The molecule has 0 bridgehead atoms. The van der Waals surface area contributed by atoms with E-state index in [9.17, 15) is 0 Å². The molecule has 2 heterocycles. The molecule has 0 radical (unpaired) electrons. The van der Waals surface area contributed by atoms with Gasteiger partial charge in [-0.2, -0.15) is 0 Å². The summed E-state index contributed by atoms with van der Waals surface area (Å²) in [6, 6.07) is 10.4. The molecule has 0 aliphatic carbocycles. The largest absolute Gasteiger partial charge is 0.378 e. The van der Waals surface area contributed by atoms with E-state index in [1.807, 2.05) is 24.4 Å². The fourth-order valence-electron chi connectivity index (χ4n) is 2.91. The average molecular weight is 257 g/mol. The van der Waals surface area contributed by atoms with Crippen LogP contribution in [-0.4, -0.2) is 17.7 Å². The predicted molar refractivity (Wildman–Crippen MR) is 75.3 cm³/mol. The highest BCUT2D eigenvalue weighted by Crippen LogP contribution is 2.33. The van der Waals surface area contributed by atoms with Gasteiger partial charge in [0.05, 0.1) is 17.7 Å². The van der Waals surface area contributed by atoms with Gasteiger partial charge >= 0.3 is 0 Å². The van der Waals surface area contributed by atoms with Gasteiger partial charge in [-0.15, -0.1) is 0 Å². The van der Waals surface area contributed by atoms with Gasteiger partial charge in [0.1, 0.15) is 0 Å². The topological polar surface area (TPSA) is 60.2 Å². The van der Waals surface area contributed by atoms with Crippen LogP contribution < -0.4 is 11.3 Å². The summed E-state index contributed by atoms with van der Waals surface area (Å²) in [4.78, 5) is 4.51. The Morgan fingerprint density at radius 2 is 2.26 bits per heavy atom. The molecule has 1 aliphatic rings. The van der Waals surface area contributed by atoms with Crippen molar-refractivity contribution in [3.05, 3.63) is 42.1 Å². The zero-order valence-corrected chi connectivity index (χ0v) is 11.0. The summed E-state index contributed by atoms with van der Waals surface area (Å²) in [6.07, 6.45) is 3.17. The number of nitrogens with two attached hydrogens (primary N) is 1. The fourth-order valence-corrected chi connectivity index (χ4v) is 2.91. The van der Waals surface area contributed by atoms with Crippen LogP contribution in [0.4, 0.5) is 0 Å². The summed E-state index contributed by atoms with van der Waals surface area (Å²) < 4.78 is 5.64. The van der Waals surface area contributed by atoms with Crippen LogP contribution in [0.15, 0.2) is 36.5 Å². The Labute approximate surface area is 112 Å². The zero-order chi connectivity index (χ0) is 13.2. The van der Waals surface area contributed by atoms with E-state index in [0.717, 1.165) is 29.5 Å². The molecule has 0 amide bonds. The van der Waals surface area contributed by atoms with Crippen LogP contribution in [0.25, 0.3) is 10.9 Å². The molecule has 0 spiro atoms. The summed E-state index contributed by atoms with van der Waals surface area (Å²) >= 11 is 0. The Morgan fingerprint density at radius 1 is 1.42 bits per heavy atom. The Bertz CT molecular complexity index is 572. The molecular weight excluding hydrogens is 238 g/mol. The summed E-state index contributed by atoms with van der Waals surface area (Å²) in [5.74, 6) is 6.15. The van der Waals surface area contributed by atoms with Crippen LogP contribution in [0.2, 0.25) is 0 Å². The van der Waals surface area contributed by atoms with E-state index in [2.05, 4.69) is 29.5 Å². The van der Waals surface area contributed by atoms with Crippen LogP contribution in [0.1, 0.15) is 24.9 Å². The van der Waals surface area contributed by atoms with E-state index >= 15 is 0 Å². The van der Waals surface area contributed by atoms with E-state index in [-0.39, 0.29) is 12.1 Å². The zero-order valence-electron chi connectivity index (χ0n) is 11.0. The minimum Gasteiger partial charge on any atom is -0.378 e. The van der Waals surface area contributed by atoms with Crippen molar-refractivity contribution >= 4 is 10.9 Å². The molecule has 3 atom stereocenters. The normalized spacial score (nSPS) is 24.7. The van der Waals surface area contributed by atoms with Crippen LogP contribution in [0.3, 0.4) is 0 Å². The number of pyridine rings is 1. The number of nitrogens with zero attached hydrogens (tertiary/aromatic N) is 1. The third-order valence-electron chi connectivity index (χ3n) is 4.01. The molecule has 19 heavy (non-hydrogen) atoms. The number of para-hydroxylation sites is 1. The van der Waals surface area contributed by atoms with Crippen molar-refractivity contribution in [2.24, 2.45) is 11.8 Å². The van der Waals surface area contributed by atoms with Crippen molar-refractivity contribution < 1.29 is 4.74 Å². The van der Waals surface area contributed by atoms with E-state index in [4.69, 9.17) is 10.6 Å². The lowest BCUT2D eigenvalue weighted by atomic mass is 9.89. The van der Waals surface area contributed by atoms with Gasteiger partial charge in [0.2, 0.25) is 0 Å². The van der Waals surface area contributed by atoms with Crippen LogP contribution in [-0.2, 0) is 4.74 Å². The Hall–Kier alpha value is -1.49. The van der Waals surface area contributed by atoms with E-state index < -0.39 is 0 Å². The Balaban J connectivity index is 1.96. The van der Waals surface area contributed by atoms with Gasteiger partial charge < -0.3 is 4.74 Å². The molecule has 0 saturated carbocycles. The average Bonchev–Trinajstić information content (AvgIpc) is 2.86. The van der Waals surface area contributed by atoms with E-state index in [0.29, 0.717) is 5.92 Å². The van der Waals surface area contributed by atoms with Gasteiger partial charge in [-0.1, -0.05) is 18.2 Å². The first-order chi connectivity index (χ1) is 9.29. The number of hydrogen-bond acceptors (Lipinski definition) is 4. The first-order valence-electron chi connectivity index (χ1n) is 6.72. The van der Waals surface area contributed by atoms with Crippen molar-refractivity contribution in [3.8, 4) is 0 Å². The molecular formula is C15H19N3O. The summed E-state index contributed by atoms with van der Waals surface area (Å²) in [5, 5.41) is 1.15. The van der Waals surface area contributed by atoms with Crippen molar-refractivity contribution in [3.63, 3.8) is 0 Å². The molecule has 1 fully saturated rings. The molecule has 1 aliphatic heterocycles. The molecule has 4 heteroatoms. The maximum atomic E-state index is 5.76. The third-order valence-corrected chi connectivity index (χ3v) is 4.01.